The molecule has 29 heavy (non-hydrogen) atoms. The van der Waals surface area contributed by atoms with E-state index in [1.54, 1.807) is 6.92 Å². The Hall–Kier alpha value is -0.860. The fourth-order valence-electron chi connectivity index (χ4n) is 6.62. The Morgan fingerprint density at radius 2 is 1.45 bits per heavy atom. The molecule has 3 rings (SSSR count). The fraction of sp³-hybridized carbons (Fsp3) is 0.923. The molecule has 0 aromatic rings. The number of ether oxygens (including phenoxy) is 1. The first-order valence-corrected chi connectivity index (χ1v) is 12.7. The van der Waals surface area contributed by atoms with E-state index in [4.69, 9.17) is 4.74 Å². The van der Waals surface area contributed by atoms with Gasteiger partial charge in [0.2, 0.25) is 0 Å². The van der Waals surface area contributed by atoms with Crippen LogP contribution in [0.4, 0.5) is 0 Å². The minimum absolute atomic E-state index is 0.125. The van der Waals surface area contributed by atoms with E-state index in [-0.39, 0.29) is 11.8 Å². The predicted octanol–water partition coefficient (Wildman–Crippen LogP) is 6.73. The zero-order chi connectivity index (χ0) is 20.9. The molecular weight excluding hydrogens is 360 g/mol. The standard InChI is InChI=1S/C26H44O3/c1-4-6-7-19-8-10-20(11-9-19)21-12-14-22(15-13-21)23-16-17-26(3,24(27)18-23)25(28)29-5-2/h19-23H,4-18H2,1-3H3/t19?,20?,21?,22?,23-,26+/m1/s1. The highest BCUT2D eigenvalue weighted by Gasteiger charge is 2.47. The van der Waals surface area contributed by atoms with Gasteiger partial charge in [-0.15, -0.1) is 0 Å². The van der Waals surface area contributed by atoms with Crippen LogP contribution in [0.2, 0.25) is 0 Å². The van der Waals surface area contributed by atoms with Crippen LogP contribution in [0.3, 0.4) is 0 Å². The van der Waals surface area contributed by atoms with Gasteiger partial charge in [-0.3, -0.25) is 9.59 Å². The molecule has 0 amide bonds. The first-order chi connectivity index (χ1) is 14.0. The smallest absolute Gasteiger partial charge is 0.319 e. The summed E-state index contributed by atoms with van der Waals surface area (Å²) >= 11 is 0. The normalized spacial score (nSPS) is 38.6. The minimum Gasteiger partial charge on any atom is -0.465 e. The maximum absolute atomic E-state index is 12.8. The molecule has 2 atom stereocenters. The van der Waals surface area contributed by atoms with Gasteiger partial charge in [-0.2, -0.15) is 0 Å². The van der Waals surface area contributed by atoms with Crippen LogP contribution in [0.15, 0.2) is 0 Å². The van der Waals surface area contributed by atoms with Crippen molar-refractivity contribution < 1.29 is 14.3 Å². The fourth-order valence-corrected chi connectivity index (χ4v) is 6.62. The SMILES string of the molecule is CCCCC1CCC(C2CCC([C@@H]3CC[C@](C)(C(=O)OCC)C(=O)C3)CC2)CC1. The summed E-state index contributed by atoms with van der Waals surface area (Å²) in [6, 6.07) is 0. The van der Waals surface area contributed by atoms with Gasteiger partial charge in [0.1, 0.15) is 11.2 Å². The average Bonchev–Trinajstić information content (AvgIpc) is 2.75. The van der Waals surface area contributed by atoms with Gasteiger partial charge < -0.3 is 4.74 Å². The number of carbonyl (C=O) groups excluding carboxylic acids is 2. The first-order valence-electron chi connectivity index (χ1n) is 12.7. The molecule has 3 aliphatic carbocycles. The first kappa shape index (κ1) is 22.8. The van der Waals surface area contributed by atoms with Gasteiger partial charge in [0.05, 0.1) is 6.61 Å². The van der Waals surface area contributed by atoms with Crippen LogP contribution in [-0.4, -0.2) is 18.4 Å². The summed E-state index contributed by atoms with van der Waals surface area (Å²) in [5.74, 6) is 3.92. The Balaban J connectivity index is 1.42. The topological polar surface area (TPSA) is 43.4 Å². The van der Waals surface area contributed by atoms with E-state index in [0.717, 1.165) is 24.2 Å². The molecular formula is C26H44O3. The molecule has 0 unspecified atom stereocenters. The third kappa shape index (κ3) is 5.44. The molecule has 0 spiro atoms. The van der Waals surface area contributed by atoms with Gasteiger partial charge >= 0.3 is 5.97 Å². The zero-order valence-corrected chi connectivity index (χ0v) is 19.2. The van der Waals surface area contributed by atoms with Crippen molar-refractivity contribution >= 4 is 11.8 Å². The number of hydrogen-bond donors (Lipinski definition) is 0. The van der Waals surface area contributed by atoms with Crippen molar-refractivity contribution in [1.29, 1.82) is 0 Å². The Kier molecular flexibility index (Phi) is 8.22. The lowest BCUT2D eigenvalue weighted by molar-refractivity contribution is -0.162. The maximum atomic E-state index is 12.8. The van der Waals surface area contributed by atoms with Crippen molar-refractivity contribution in [2.75, 3.05) is 6.61 Å². The molecule has 0 heterocycles. The second kappa shape index (κ2) is 10.4. The number of unbranched alkanes of at least 4 members (excludes halogenated alkanes) is 1. The Bertz CT molecular complexity index is 540. The van der Waals surface area contributed by atoms with Crippen molar-refractivity contribution in [2.24, 2.45) is 35.0 Å². The summed E-state index contributed by atoms with van der Waals surface area (Å²) in [6.45, 7) is 6.28. The van der Waals surface area contributed by atoms with Crippen LogP contribution in [0.25, 0.3) is 0 Å². The lowest BCUT2D eigenvalue weighted by Gasteiger charge is -2.42. The quantitative estimate of drug-likeness (QED) is 0.349. The highest BCUT2D eigenvalue weighted by atomic mass is 16.5. The van der Waals surface area contributed by atoms with Crippen molar-refractivity contribution in [3.05, 3.63) is 0 Å². The highest BCUT2D eigenvalue weighted by molar-refractivity contribution is 6.03. The number of rotatable bonds is 7. The zero-order valence-electron chi connectivity index (χ0n) is 19.2. The van der Waals surface area contributed by atoms with E-state index < -0.39 is 5.41 Å². The maximum Gasteiger partial charge on any atom is 0.319 e. The molecule has 3 saturated carbocycles. The molecule has 0 N–H and O–H groups in total. The summed E-state index contributed by atoms with van der Waals surface area (Å²) < 4.78 is 5.19. The van der Waals surface area contributed by atoms with Gasteiger partial charge in [0.15, 0.2) is 0 Å². The summed E-state index contributed by atoms with van der Waals surface area (Å²) in [4.78, 5) is 25.1. The molecule has 3 heteroatoms. The molecule has 0 aromatic heterocycles. The molecule has 166 valence electrons. The highest BCUT2D eigenvalue weighted by Crippen LogP contribution is 2.47. The van der Waals surface area contributed by atoms with Gasteiger partial charge in [-0.1, -0.05) is 39.0 Å². The number of hydrogen-bond acceptors (Lipinski definition) is 3. The van der Waals surface area contributed by atoms with E-state index >= 15 is 0 Å². The molecule has 3 nitrogen and oxygen atoms in total. The monoisotopic (exact) mass is 404 g/mol. The van der Waals surface area contributed by atoms with Crippen molar-refractivity contribution in [2.45, 2.75) is 111 Å². The van der Waals surface area contributed by atoms with Gasteiger partial charge in [0.25, 0.3) is 0 Å². The summed E-state index contributed by atoms with van der Waals surface area (Å²) in [5, 5.41) is 0. The average molecular weight is 405 g/mol. The lowest BCUT2D eigenvalue weighted by atomic mass is 9.62. The number of carbonyl (C=O) groups is 2. The van der Waals surface area contributed by atoms with E-state index in [1.807, 2.05) is 6.92 Å². The van der Waals surface area contributed by atoms with Crippen LogP contribution in [0.5, 0.6) is 0 Å². The van der Waals surface area contributed by atoms with E-state index in [9.17, 15) is 9.59 Å². The minimum atomic E-state index is -0.889. The Morgan fingerprint density at radius 3 is 1.97 bits per heavy atom. The molecule has 0 radical (unpaired) electrons. The summed E-state index contributed by atoms with van der Waals surface area (Å²) in [7, 11) is 0. The van der Waals surface area contributed by atoms with Crippen LogP contribution in [0.1, 0.15) is 111 Å². The van der Waals surface area contributed by atoms with Crippen molar-refractivity contribution in [3.63, 3.8) is 0 Å². The molecule has 3 fully saturated rings. The second-order valence-corrected chi connectivity index (χ2v) is 10.6. The van der Waals surface area contributed by atoms with E-state index in [1.165, 1.54) is 70.6 Å². The number of ketones is 1. The largest absolute Gasteiger partial charge is 0.465 e. The summed E-state index contributed by atoms with van der Waals surface area (Å²) in [5.41, 5.74) is -0.889. The van der Waals surface area contributed by atoms with Crippen molar-refractivity contribution in [1.82, 2.24) is 0 Å². The third-order valence-corrected chi connectivity index (χ3v) is 8.81. The Labute approximate surface area is 178 Å². The van der Waals surface area contributed by atoms with E-state index in [0.29, 0.717) is 31.3 Å². The van der Waals surface area contributed by atoms with Crippen LogP contribution >= 0.6 is 0 Å². The predicted molar refractivity (Wildman–Crippen MR) is 118 cm³/mol. The van der Waals surface area contributed by atoms with Gasteiger partial charge in [-0.25, -0.2) is 0 Å². The number of esters is 1. The lowest BCUT2D eigenvalue weighted by Crippen LogP contribution is -2.44. The number of Topliss-reactive ketones (excluding diaryl/α,β-unsaturated/α-hetero) is 1. The second-order valence-electron chi connectivity index (χ2n) is 10.6. The third-order valence-electron chi connectivity index (χ3n) is 8.81. The van der Waals surface area contributed by atoms with Crippen molar-refractivity contribution in [3.8, 4) is 0 Å². The van der Waals surface area contributed by atoms with Crippen LogP contribution in [0, 0.1) is 35.0 Å². The van der Waals surface area contributed by atoms with Gasteiger partial charge in [-0.05, 0) is 94.8 Å². The molecule has 0 bridgehead atoms. The molecule has 0 aliphatic heterocycles. The molecule has 3 aliphatic rings. The molecule has 0 saturated heterocycles. The van der Waals surface area contributed by atoms with Crippen LogP contribution in [-0.2, 0) is 14.3 Å². The summed E-state index contributed by atoms with van der Waals surface area (Å²) in [6.07, 6.45) is 17.7. The van der Waals surface area contributed by atoms with Crippen LogP contribution < -0.4 is 0 Å². The Morgan fingerprint density at radius 1 is 0.897 bits per heavy atom. The van der Waals surface area contributed by atoms with E-state index in [2.05, 4.69) is 6.92 Å². The van der Waals surface area contributed by atoms with Gasteiger partial charge in [0, 0.05) is 6.42 Å². The molecule has 0 aromatic carbocycles.